The van der Waals surface area contributed by atoms with Crippen molar-refractivity contribution in [2.75, 3.05) is 19.0 Å². The van der Waals surface area contributed by atoms with Crippen LogP contribution in [0.1, 0.15) is 10.4 Å². The highest BCUT2D eigenvalue weighted by molar-refractivity contribution is 7.22. The van der Waals surface area contributed by atoms with Gasteiger partial charge in [-0.2, -0.15) is 0 Å². The molecule has 1 aromatic heterocycles. The summed E-state index contributed by atoms with van der Waals surface area (Å²) in [6.07, 6.45) is 0. The number of nitrogens with one attached hydrogen (secondary N) is 1. The second-order valence-electron chi connectivity index (χ2n) is 3.44. The molecule has 6 nitrogen and oxygen atoms in total. The molecule has 0 radical (unpaired) electrons. The Kier molecular flexibility index (Phi) is 3.42. The second-order valence-corrected chi connectivity index (χ2v) is 4.47. The number of carbonyl (C=O) groups excluding carboxylic acids is 1. The fourth-order valence-corrected chi connectivity index (χ4v) is 2.30. The van der Waals surface area contributed by atoms with E-state index in [1.165, 1.54) is 18.4 Å². The smallest absolute Gasteiger partial charge is 0.337 e. The van der Waals surface area contributed by atoms with Crippen LogP contribution in [0.5, 0.6) is 0 Å². The topological polar surface area (TPSA) is 88.5 Å². The van der Waals surface area contributed by atoms with Crippen molar-refractivity contribution in [1.29, 1.82) is 0 Å². The minimum Gasteiger partial charge on any atom is -0.480 e. The van der Waals surface area contributed by atoms with Crippen molar-refractivity contribution in [3.63, 3.8) is 0 Å². The zero-order chi connectivity index (χ0) is 13.1. The molecule has 0 unspecified atom stereocenters. The minimum atomic E-state index is -0.954. The summed E-state index contributed by atoms with van der Waals surface area (Å²) < 4.78 is 5.42. The number of aromatic nitrogens is 1. The van der Waals surface area contributed by atoms with Gasteiger partial charge in [0, 0.05) is 0 Å². The van der Waals surface area contributed by atoms with Crippen LogP contribution < -0.4 is 5.32 Å². The van der Waals surface area contributed by atoms with Gasteiger partial charge in [-0.15, -0.1) is 0 Å². The first-order chi connectivity index (χ1) is 8.60. The number of benzene rings is 1. The van der Waals surface area contributed by atoms with E-state index in [9.17, 15) is 9.59 Å². The SMILES string of the molecule is COC(=O)c1ccc2nc(NCC(=O)O)sc2c1. The fourth-order valence-electron chi connectivity index (χ4n) is 1.40. The number of aliphatic carboxylic acids is 1. The number of carboxylic acid groups (broad SMARTS) is 1. The lowest BCUT2D eigenvalue weighted by Gasteiger charge is -1.97. The molecule has 2 N–H and O–H groups in total. The molecular weight excluding hydrogens is 256 g/mol. The van der Waals surface area contributed by atoms with E-state index >= 15 is 0 Å². The monoisotopic (exact) mass is 266 g/mol. The Bertz CT molecular complexity index is 608. The minimum absolute atomic E-state index is 0.191. The predicted octanol–water partition coefficient (Wildman–Crippen LogP) is 1.58. The van der Waals surface area contributed by atoms with Crippen LogP contribution in [0.2, 0.25) is 0 Å². The molecule has 18 heavy (non-hydrogen) atoms. The Hall–Kier alpha value is -2.15. The Morgan fingerprint density at radius 3 is 2.94 bits per heavy atom. The third-order valence-corrected chi connectivity index (χ3v) is 3.18. The molecular formula is C11H10N2O4S. The molecule has 0 aliphatic heterocycles. The van der Waals surface area contributed by atoms with Crippen molar-refractivity contribution in [1.82, 2.24) is 4.98 Å². The van der Waals surface area contributed by atoms with E-state index in [1.54, 1.807) is 18.2 Å². The molecule has 7 heteroatoms. The Morgan fingerprint density at radius 2 is 2.28 bits per heavy atom. The van der Waals surface area contributed by atoms with Crippen LogP contribution in [0.4, 0.5) is 5.13 Å². The van der Waals surface area contributed by atoms with E-state index in [2.05, 4.69) is 15.0 Å². The molecule has 0 saturated carbocycles. The van der Waals surface area contributed by atoms with Crippen LogP contribution in [0.15, 0.2) is 18.2 Å². The summed E-state index contributed by atoms with van der Waals surface area (Å²) in [6, 6.07) is 4.99. The maximum atomic E-state index is 11.3. The van der Waals surface area contributed by atoms with Crippen LogP contribution in [-0.4, -0.2) is 35.7 Å². The summed E-state index contributed by atoms with van der Waals surface area (Å²) in [4.78, 5) is 26.0. The normalized spacial score (nSPS) is 10.3. The van der Waals surface area contributed by atoms with Crippen molar-refractivity contribution in [3.05, 3.63) is 23.8 Å². The zero-order valence-electron chi connectivity index (χ0n) is 9.47. The van der Waals surface area contributed by atoms with E-state index in [0.717, 1.165) is 4.70 Å². The number of carbonyl (C=O) groups is 2. The first-order valence-electron chi connectivity index (χ1n) is 5.04. The average molecular weight is 266 g/mol. The molecule has 0 atom stereocenters. The van der Waals surface area contributed by atoms with Gasteiger partial charge in [0.25, 0.3) is 0 Å². The van der Waals surface area contributed by atoms with Crippen molar-refractivity contribution < 1.29 is 19.4 Å². The molecule has 1 aromatic carbocycles. The maximum absolute atomic E-state index is 11.3. The molecule has 0 aliphatic carbocycles. The number of rotatable bonds is 4. The van der Waals surface area contributed by atoms with Crippen molar-refractivity contribution in [2.45, 2.75) is 0 Å². The Labute approximate surface area is 106 Å². The van der Waals surface area contributed by atoms with Crippen LogP contribution in [-0.2, 0) is 9.53 Å². The Morgan fingerprint density at radius 1 is 1.50 bits per heavy atom. The molecule has 0 aliphatic rings. The summed E-state index contributed by atoms with van der Waals surface area (Å²) in [7, 11) is 1.32. The van der Waals surface area contributed by atoms with Crippen molar-refractivity contribution in [3.8, 4) is 0 Å². The molecule has 0 spiro atoms. The molecule has 0 fully saturated rings. The van der Waals surface area contributed by atoms with Gasteiger partial charge < -0.3 is 15.2 Å². The van der Waals surface area contributed by atoms with Crippen LogP contribution in [0.25, 0.3) is 10.2 Å². The molecule has 0 bridgehead atoms. The van der Waals surface area contributed by atoms with E-state index < -0.39 is 11.9 Å². The molecule has 2 rings (SSSR count). The van der Waals surface area contributed by atoms with Gasteiger partial charge in [-0.3, -0.25) is 4.79 Å². The van der Waals surface area contributed by atoms with Crippen molar-refractivity contribution in [2.24, 2.45) is 0 Å². The van der Waals surface area contributed by atoms with Gasteiger partial charge in [-0.25, -0.2) is 9.78 Å². The van der Waals surface area contributed by atoms with Gasteiger partial charge in [-0.05, 0) is 18.2 Å². The summed E-state index contributed by atoms with van der Waals surface area (Å²) in [5.74, 6) is -1.37. The third-order valence-electron chi connectivity index (χ3n) is 2.20. The molecule has 0 amide bonds. The third kappa shape index (κ3) is 2.57. The molecule has 94 valence electrons. The predicted molar refractivity (Wildman–Crippen MR) is 67.1 cm³/mol. The first-order valence-corrected chi connectivity index (χ1v) is 5.86. The number of fused-ring (bicyclic) bond motifs is 1. The number of hydrogen-bond donors (Lipinski definition) is 2. The standard InChI is InChI=1S/C11H10N2O4S/c1-17-10(16)6-2-3-7-8(4-6)18-11(13-7)12-5-9(14)15/h2-4H,5H2,1H3,(H,12,13)(H,14,15). The fraction of sp³-hybridized carbons (Fsp3) is 0.182. The largest absolute Gasteiger partial charge is 0.480 e. The Balaban J connectivity index is 2.28. The number of methoxy groups -OCH3 is 1. The van der Waals surface area contributed by atoms with Crippen LogP contribution in [0, 0.1) is 0 Å². The van der Waals surface area contributed by atoms with Gasteiger partial charge in [0.2, 0.25) is 0 Å². The average Bonchev–Trinajstić information content (AvgIpc) is 2.77. The van der Waals surface area contributed by atoms with Gasteiger partial charge in [0.05, 0.1) is 22.9 Å². The lowest BCUT2D eigenvalue weighted by molar-refractivity contribution is -0.134. The van der Waals surface area contributed by atoms with Crippen molar-refractivity contribution >= 4 is 38.6 Å². The highest BCUT2D eigenvalue weighted by Gasteiger charge is 2.09. The van der Waals surface area contributed by atoms with E-state index in [4.69, 9.17) is 5.11 Å². The molecule has 2 aromatic rings. The van der Waals surface area contributed by atoms with Gasteiger partial charge >= 0.3 is 11.9 Å². The van der Waals surface area contributed by atoms with Gasteiger partial charge in [-0.1, -0.05) is 11.3 Å². The van der Waals surface area contributed by atoms with Gasteiger partial charge in [0.1, 0.15) is 6.54 Å². The molecule has 0 saturated heterocycles. The number of hydrogen-bond acceptors (Lipinski definition) is 6. The lowest BCUT2D eigenvalue weighted by atomic mass is 10.2. The number of thiazole rings is 1. The zero-order valence-corrected chi connectivity index (χ0v) is 10.3. The van der Waals surface area contributed by atoms with E-state index in [-0.39, 0.29) is 6.54 Å². The summed E-state index contributed by atoms with van der Waals surface area (Å²) in [6.45, 7) is -0.191. The summed E-state index contributed by atoms with van der Waals surface area (Å²) in [5, 5.41) is 11.7. The van der Waals surface area contributed by atoms with E-state index in [1.807, 2.05) is 0 Å². The van der Waals surface area contributed by atoms with Gasteiger partial charge in [0.15, 0.2) is 5.13 Å². The van der Waals surface area contributed by atoms with Crippen LogP contribution >= 0.6 is 11.3 Å². The second kappa shape index (κ2) is 5.01. The highest BCUT2D eigenvalue weighted by Crippen LogP contribution is 2.26. The molecule has 1 heterocycles. The highest BCUT2D eigenvalue weighted by atomic mass is 32.1. The number of ether oxygens (including phenoxy) is 1. The lowest BCUT2D eigenvalue weighted by Crippen LogP contribution is -2.11. The number of carboxylic acids is 1. The quantitative estimate of drug-likeness (QED) is 0.817. The van der Waals surface area contributed by atoms with E-state index in [0.29, 0.717) is 16.2 Å². The maximum Gasteiger partial charge on any atom is 0.337 e. The first kappa shape index (κ1) is 12.3. The number of nitrogens with zero attached hydrogens (tertiary/aromatic N) is 1. The number of anilines is 1. The summed E-state index contributed by atoms with van der Waals surface area (Å²) in [5.41, 5.74) is 1.15. The number of esters is 1. The van der Waals surface area contributed by atoms with Crippen LogP contribution in [0.3, 0.4) is 0 Å². The summed E-state index contributed by atoms with van der Waals surface area (Å²) >= 11 is 1.29.